The van der Waals surface area contributed by atoms with Crippen LogP contribution in [-0.4, -0.2) is 53.2 Å². The van der Waals surface area contributed by atoms with E-state index < -0.39 is 43.0 Å². The Bertz CT molecular complexity index is 608. The van der Waals surface area contributed by atoms with Crippen molar-refractivity contribution in [2.45, 2.75) is 147 Å². The van der Waals surface area contributed by atoms with Crippen LogP contribution in [0.1, 0.15) is 135 Å². The Hall–Kier alpha value is -1.67. The van der Waals surface area contributed by atoms with Crippen molar-refractivity contribution in [3.05, 3.63) is 0 Å². The van der Waals surface area contributed by atoms with Crippen molar-refractivity contribution in [1.29, 1.82) is 0 Å². The third-order valence-electron chi connectivity index (χ3n) is 6.73. The summed E-state index contributed by atoms with van der Waals surface area (Å²) in [6, 6.07) is 0. The van der Waals surface area contributed by atoms with Gasteiger partial charge in [-0.25, -0.2) is 9.59 Å². The number of hydrogen-bond donors (Lipinski definition) is 2. The van der Waals surface area contributed by atoms with E-state index in [-0.39, 0.29) is 6.42 Å². The van der Waals surface area contributed by atoms with E-state index in [0.717, 1.165) is 19.3 Å². The fraction of sp³-hybridized carbons (Fsp3) is 0.893. The molecule has 0 aromatic heterocycles. The quantitative estimate of drug-likeness (QED) is 0.135. The van der Waals surface area contributed by atoms with Gasteiger partial charge in [-0.2, -0.15) is 0 Å². The molecule has 2 atom stereocenters. The Morgan fingerprint density at radius 1 is 0.750 bits per heavy atom. The minimum Gasteiger partial charge on any atom is -0.442 e. The molecule has 0 saturated carbocycles. The van der Waals surface area contributed by atoms with E-state index in [0.29, 0.717) is 6.42 Å². The van der Waals surface area contributed by atoms with Crippen LogP contribution in [0.4, 0.5) is 0 Å². The van der Waals surface area contributed by atoms with E-state index in [9.17, 15) is 19.5 Å². The van der Waals surface area contributed by atoms with Crippen molar-refractivity contribution in [3.63, 3.8) is 0 Å². The molecule has 1 aliphatic rings. The highest BCUT2D eigenvalue weighted by Crippen LogP contribution is 2.24. The molecule has 1 heterocycles. The number of carbonyl (C=O) groups excluding carboxylic acids is 3. The Balaban J connectivity index is 1.93. The van der Waals surface area contributed by atoms with E-state index in [2.05, 4.69) is 6.92 Å². The van der Waals surface area contributed by atoms with Crippen molar-refractivity contribution in [2.75, 3.05) is 13.2 Å². The molecule has 2 unspecified atom stereocenters. The largest absolute Gasteiger partial charge is 0.442 e. The van der Waals surface area contributed by atoms with E-state index in [1.807, 2.05) is 0 Å². The summed E-state index contributed by atoms with van der Waals surface area (Å²) in [5.41, 5.74) is 0. The molecular weight excluding hydrogens is 464 g/mol. The molecule has 0 aliphatic carbocycles. The lowest BCUT2D eigenvalue weighted by Crippen LogP contribution is -2.59. The molecule has 0 spiro atoms. The van der Waals surface area contributed by atoms with Gasteiger partial charge in [0.15, 0.2) is 0 Å². The summed E-state index contributed by atoms with van der Waals surface area (Å²) < 4.78 is 14.4. The minimum absolute atomic E-state index is 0.0505. The van der Waals surface area contributed by atoms with Crippen molar-refractivity contribution in [3.8, 4) is 0 Å². The Morgan fingerprint density at radius 3 is 1.56 bits per heavy atom. The second kappa shape index (κ2) is 20.4. The highest BCUT2D eigenvalue weighted by molar-refractivity contribution is 5.91. The first-order valence-electron chi connectivity index (χ1n) is 14.4. The number of hydrogen-bond acceptors (Lipinski definition) is 8. The zero-order valence-electron chi connectivity index (χ0n) is 22.5. The van der Waals surface area contributed by atoms with Crippen molar-refractivity contribution < 1.29 is 38.8 Å². The first-order valence-corrected chi connectivity index (χ1v) is 14.4. The van der Waals surface area contributed by atoms with Gasteiger partial charge in [0, 0.05) is 6.42 Å². The number of esters is 3. The van der Waals surface area contributed by atoms with Crippen LogP contribution in [0.3, 0.4) is 0 Å². The lowest BCUT2D eigenvalue weighted by Gasteiger charge is -2.34. The topological polar surface area (TPSA) is 119 Å². The van der Waals surface area contributed by atoms with Crippen LogP contribution in [0.2, 0.25) is 0 Å². The summed E-state index contributed by atoms with van der Waals surface area (Å²) in [5, 5.41) is 18.4. The molecule has 0 bridgehead atoms. The average molecular weight is 515 g/mol. The molecule has 0 aromatic carbocycles. The second-order valence-corrected chi connectivity index (χ2v) is 10.00. The number of unbranched alkanes of at least 4 members (excludes halogenated alkanes) is 18. The number of carbonyl (C=O) groups is 3. The van der Waals surface area contributed by atoms with E-state index in [1.54, 1.807) is 0 Å². The number of cyclic esters (lactones) is 2. The monoisotopic (exact) mass is 514 g/mol. The number of aliphatic hydroxyl groups is 2. The number of aliphatic hydroxyl groups excluding tert-OH is 2. The maximum absolute atomic E-state index is 12.1. The highest BCUT2D eigenvalue weighted by Gasteiger charge is 2.54. The Kier molecular flexibility index (Phi) is 18.3. The highest BCUT2D eigenvalue weighted by atomic mass is 16.8. The molecule has 36 heavy (non-hydrogen) atoms. The van der Waals surface area contributed by atoms with Gasteiger partial charge in [-0.3, -0.25) is 4.79 Å². The maximum Gasteiger partial charge on any atom is 0.396 e. The van der Waals surface area contributed by atoms with Gasteiger partial charge in [0.1, 0.15) is 6.61 Å². The van der Waals surface area contributed by atoms with Crippen LogP contribution in [-0.2, 0) is 28.6 Å². The Morgan fingerprint density at radius 2 is 1.17 bits per heavy atom. The van der Waals surface area contributed by atoms with Gasteiger partial charge in [0.2, 0.25) is 6.10 Å². The average Bonchev–Trinajstić information content (AvgIpc) is 2.87. The van der Waals surface area contributed by atoms with E-state index in [4.69, 9.17) is 19.3 Å². The Labute approximate surface area is 217 Å². The smallest absolute Gasteiger partial charge is 0.396 e. The first-order chi connectivity index (χ1) is 17.5. The molecule has 1 rings (SSSR count). The molecule has 1 aliphatic heterocycles. The molecule has 1 fully saturated rings. The lowest BCUT2D eigenvalue weighted by atomic mass is 10.0. The summed E-state index contributed by atoms with van der Waals surface area (Å²) >= 11 is 0. The third kappa shape index (κ3) is 13.6. The van der Waals surface area contributed by atoms with Crippen LogP contribution in [0.5, 0.6) is 0 Å². The summed E-state index contributed by atoms with van der Waals surface area (Å²) in [7, 11) is 0. The fourth-order valence-electron chi connectivity index (χ4n) is 4.42. The minimum atomic E-state index is -2.48. The molecule has 0 radical (unpaired) electrons. The van der Waals surface area contributed by atoms with Gasteiger partial charge >= 0.3 is 23.7 Å². The molecule has 8 nitrogen and oxygen atoms in total. The molecular formula is C28H50O8. The number of ether oxygens (including phenoxy) is 3. The van der Waals surface area contributed by atoms with Crippen LogP contribution >= 0.6 is 0 Å². The van der Waals surface area contributed by atoms with Crippen LogP contribution in [0.15, 0.2) is 0 Å². The van der Waals surface area contributed by atoms with Gasteiger partial charge in [-0.05, 0) is 6.42 Å². The second-order valence-electron chi connectivity index (χ2n) is 10.00. The fourth-order valence-corrected chi connectivity index (χ4v) is 4.42. The predicted molar refractivity (Wildman–Crippen MR) is 137 cm³/mol. The van der Waals surface area contributed by atoms with E-state index in [1.165, 1.54) is 96.3 Å². The van der Waals surface area contributed by atoms with Crippen LogP contribution in [0.25, 0.3) is 0 Å². The third-order valence-corrected chi connectivity index (χ3v) is 6.73. The summed E-state index contributed by atoms with van der Waals surface area (Å²) in [5.74, 6) is -5.50. The molecule has 2 N–H and O–H groups in total. The van der Waals surface area contributed by atoms with Crippen molar-refractivity contribution in [2.24, 2.45) is 0 Å². The normalized spacial score (nSPS) is 19.7. The zero-order chi connectivity index (χ0) is 26.5. The first kappa shape index (κ1) is 32.4. The molecule has 0 amide bonds. The summed E-state index contributed by atoms with van der Waals surface area (Å²) in [6.07, 6.45) is 22.4. The van der Waals surface area contributed by atoms with Gasteiger partial charge in [0.25, 0.3) is 0 Å². The van der Waals surface area contributed by atoms with Gasteiger partial charge < -0.3 is 24.4 Å². The predicted octanol–water partition coefficient (Wildman–Crippen LogP) is 5.50. The van der Waals surface area contributed by atoms with Crippen LogP contribution < -0.4 is 0 Å². The maximum atomic E-state index is 12.1. The van der Waals surface area contributed by atoms with Gasteiger partial charge in [-0.15, -0.1) is 0 Å². The molecule has 1 saturated heterocycles. The van der Waals surface area contributed by atoms with Crippen molar-refractivity contribution >= 4 is 17.9 Å². The zero-order valence-corrected chi connectivity index (χ0v) is 22.5. The lowest BCUT2D eigenvalue weighted by molar-refractivity contribution is -0.271. The SMILES string of the molecule is CCCCCCCCCCCCCCCCCCCCCC(=O)OC1(CO)OC(=O)C(CO)OC1=O. The van der Waals surface area contributed by atoms with E-state index >= 15 is 0 Å². The summed E-state index contributed by atoms with van der Waals surface area (Å²) in [4.78, 5) is 35.8. The van der Waals surface area contributed by atoms with Gasteiger partial charge in [-0.1, -0.05) is 122 Å². The molecule has 0 aromatic rings. The molecule has 210 valence electrons. The van der Waals surface area contributed by atoms with Crippen molar-refractivity contribution in [1.82, 2.24) is 0 Å². The summed E-state index contributed by atoms with van der Waals surface area (Å²) in [6.45, 7) is 0.471. The molecule has 8 heteroatoms. The van der Waals surface area contributed by atoms with Crippen LogP contribution in [0, 0.1) is 0 Å². The van der Waals surface area contributed by atoms with Gasteiger partial charge in [0.05, 0.1) is 6.61 Å². The number of rotatable bonds is 23. The standard InChI is InChI=1S/C28H50O8/c1-2-3-4-5-6-7-8-9-10-11-12-13-14-15-16-17-18-19-20-21-25(31)35-28(23-30)27(33)34-24(22-29)26(32)36-28/h24,29-30H,2-23H2,1H3.